The highest BCUT2D eigenvalue weighted by atomic mass is 16.5. The lowest BCUT2D eigenvalue weighted by atomic mass is 9.86. The van der Waals surface area contributed by atoms with Crippen molar-refractivity contribution in [2.75, 3.05) is 23.3 Å². The molecule has 1 saturated heterocycles. The van der Waals surface area contributed by atoms with Gasteiger partial charge in [0.05, 0.1) is 6.33 Å². The summed E-state index contributed by atoms with van der Waals surface area (Å²) in [5.41, 5.74) is 5.13. The Balaban J connectivity index is 1.43. The summed E-state index contributed by atoms with van der Waals surface area (Å²) in [7, 11) is 1.98. The predicted octanol–water partition coefficient (Wildman–Crippen LogP) is 5.04. The number of fused-ring (bicyclic) bond motifs is 1. The third-order valence-electron chi connectivity index (χ3n) is 6.85. The second kappa shape index (κ2) is 8.94. The minimum atomic E-state index is 0.0593. The summed E-state index contributed by atoms with van der Waals surface area (Å²) in [5, 5.41) is 7.79. The minimum absolute atomic E-state index is 0.0593. The molecular weight excluding hydrogens is 440 g/mol. The van der Waals surface area contributed by atoms with Crippen LogP contribution < -0.4 is 10.2 Å². The molecule has 3 aromatic heterocycles. The highest BCUT2D eigenvalue weighted by molar-refractivity contribution is 5.87. The molecule has 0 amide bonds. The summed E-state index contributed by atoms with van der Waals surface area (Å²) in [6, 6.07) is 6.58. The molecule has 0 spiro atoms. The van der Waals surface area contributed by atoms with Crippen LogP contribution in [-0.4, -0.2) is 42.7 Å². The molecule has 35 heavy (non-hydrogen) atoms. The molecular formula is C26H34N8O. The molecule has 9 heteroatoms. The zero-order chi connectivity index (χ0) is 24.7. The highest BCUT2D eigenvalue weighted by Crippen LogP contribution is 2.33. The first-order valence-corrected chi connectivity index (χ1v) is 12.4. The summed E-state index contributed by atoms with van der Waals surface area (Å²) in [5.74, 6) is 3.29. The number of benzene rings is 1. The van der Waals surface area contributed by atoms with Crippen molar-refractivity contribution in [1.29, 1.82) is 0 Å². The van der Waals surface area contributed by atoms with Crippen LogP contribution in [0.15, 0.2) is 29.0 Å². The monoisotopic (exact) mass is 474 g/mol. The van der Waals surface area contributed by atoms with Gasteiger partial charge in [0.2, 0.25) is 11.8 Å². The van der Waals surface area contributed by atoms with Gasteiger partial charge in [-0.15, -0.1) is 0 Å². The molecule has 1 aliphatic rings. The van der Waals surface area contributed by atoms with Crippen LogP contribution >= 0.6 is 0 Å². The van der Waals surface area contributed by atoms with Crippen molar-refractivity contribution >= 4 is 28.6 Å². The molecule has 184 valence electrons. The summed E-state index contributed by atoms with van der Waals surface area (Å²) >= 11 is 0. The van der Waals surface area contributed by atoms with Gasteiger partial charge in [0, 0.05) is 38.2 Å². The fraction of sp³-hybridized carbons (Fsp3) is 0.500. The molecule has 9 nitrogen and oxygen atoms in total. The average molecular weight is 475 g/mol. The van der Waals surface area contributed by atoms with E-state index in [1.165, 1.54) is 11.1 Å². The van der Waals surface area contributed by atoms with E-state index in [0.29, 0.717) is 23.4 Å². The lowest BCUT2D eigenvalue weighted by Gasteiger charge is -2.30. The number of nitrogens with one attached hydrogen (secondary N) is 1. The zero-order valence-electron chi connectivity index (χ0n) is 21.5. The summed E-state index contributed by atoms with van der Waals surface area (Å²) in [6.45, 7) is 12.5. The van der Waals surface area contributed by atoms with Crippen LogP contribution in [0.2, 0.25) is 0 Å². The van der Waals surface area contributed by atoms with Crippen LogP contribution in [0.3, 0.4) is 0 Å². The van der Waals surface area contributed by atoms with Gasteiger partial charge in [-0.05, 0) is 42.4 Å². The number of aryl methyl sites for hydroxylation is 3. The van der Waals surface area contributed by atoms with Gasteiger partial charge in [-0.3, -0.25) is 0 Å². The maximum Gasteiger partial charge on any atom is 0.229 e. The van der Waals surface area contributed by atoms with Gasteiger partial charge in [0.1, 0.15) is 5.52 Å². The number of hydrogen-bond donors (Lipinski definition) is 1. The third-order valence-corrected chi connectivity index (χ3v) is 6.85. The molecule has 0 saturated carbocycles. The van der Waals surface area contributed by atoms with Gasteiger partial charge < -0.3 is 19.3 Å². The lowest BCUT2D eigenvalue weighted by molar-refractivity contribution is 0.366. The molecule has 1 N–H and O–H groups in total. The van der Waals surface area contributed by atoms with E-state index in [9.17, 15) is 0 Å². The molecule has 1 aliphatic heterocycles. The van der Waals surface area contributed by atoms with Gasteiger partial charge >= 0.3 is 0 Å². The van der Waals surface area contributed by atoms with Gasteiger partial charge in [0.15, 0.2) is 17.3 Å². The molecule has 0 unspecified atom stereocenters. The van der Waals surface area contributed by atoms with Crippen molar-refractivity contribution in [3.8, 4) is 0 Å². The summed E-state index contributed by atoms with van der Waals surface area (Å²) in [4.78, 5) is 21.1. The lowest BCUT2D eigenvalue weighted by Crippen LogP contribution is -2.34. The van der Waals surface area contributed by atoms with Crippen LogP contribution in [0.5, 0.6) is 0 Å². The SMILES string of the molecule is CCc1nc(C2CCN(c3nc(Nc4cc(C(C)(C)C)ccc4C)c4c(ncn4C)n3)CC2)no1. The zero-order valence-corrected chi connectivity index (χ0v) is 21.5. The number of aromatic nitrogens is 6. The van der Waals surface area contributed by atoms with Crippen LogP contribution in [0, 0.1) is 6.92 Å². The smallest absolute Gasteiger partial charge is 0.229 e. The maximum atomic E-state index is 5.32. The molecule has 0 bridgehead atoms. The van der Waals surface area contributed by atoms with Crippen molar-refractivity contribution in [3.05, 3.63) is 47.4 Å². The Morgan fingerprint density at radius 2 is 1.89 bits per heavy atom. The van der Waals surface area contributed by atoms with Crippen molar-refractivity contribution in [3.63, 3.8) is 0 Å². The fourth-order valence-electron chi connectivity index (χ4n) is 4.54. The standard InChI is InChI=1S/C26H34N8O/c1-7-20-29-22(32-35-20)17-10-12-34(13-11-17)25-30-23-21(33(6)15-27-23)24(31-25)28-19-14-18(26(3,4)5)9-8-16(19)2/h8-9,14-15,17H,7,10-13H2,1-6H3,(H,28,30,31). The molecule has 4 heterocycles. The number of piperidine rings is 1. The Morgan fingerprint density at radius 1 is 1.11 bits per heavy atom. The van der Waals surface area contributed by atoms with E-state index in [2.05, 4.69) is 71.2 Å². The highest BCUT2D eigenvalue weighted by Gasteiger charge is 2.27. The van der Waals surface area contributed by atoms with E-state index in [4.69, 9.17) is 14.5 Å². The van der Waals surface area contributed by atoms with E-state index in [-0.39, 0.29) is 5.41 Å². The number of nitrogens with zero attached hydrogens (tertiary/aromatic N) is 7. The first kappa shape index (κ1) is 23.3. The second-order valence-corrected chi connectivity index (χ2v) is 10.5. The topological polar surface area (TPSA) is 97.8 Å². The van der Waals surface area contributed by atoms with Crippen molar-refractivity contribution in [1.82, 2.24) is 29.7 Å². The molecule has 0 aliphatic carbocycles. The molecule has 0 atom stereocenters. The Bertz CT molecular complexity index is 1340. The number of hydrogen-bond acceptors (Lipinski definition) is 8. The molecule has 0 radical (unpaired) electrons. The van der Waals surface area contributed by atoms with E-state index >= 15 is 0 Å². The van der Waals surface area contributed by atoms with Gasteiger partial charge in [-0.25, -0.2) is 4.98 Å². The Labute approximate surface area is 206 Å². The minimum Gasteiger partial charge on any atom is -0.341 e. The van der Waals surface area contributed by atoms with E-state index in [1.54, 1.807) is 6.33 Å². The van der Waals surface area contributed by atoms with Crippen molar-refractivity contribution < 1.29 is 4.52 Å². The molecule has 1 fully saturated rings. The average Bonchev–Trinajstić information content (AvgIpc) is 3.47. The molecule has 5 rings (SSSR count). The molecule has 1 aromatic carbocycles. The molecule has 4 aromatic rings. The number of imidazole rings is 1. The summed E-state index contributed by atoms with van der Waals surface area (Å²) < 4.78 is 7.29. The van der Waals surface area contributed by atoms with Gasteiger partial charge in [0.25, 0.3) is 0 Å². The van der Waals surface area contributed by atoms with Crippen LogP contribution in [0.4, 0.5) is 17.5 Å². The Kier molecular flexibility index (Phi) is 5.94. The third kappa shape index (κ3) is 4.59. The van der Waals surface area contributed by atoms with Crippen molar-refractivity contribution in [2.45, 2.75) is 65.2 Å². The van der Waals surface area contributed by atoms with Crippen LogP contribution in [0.25, 0.3) is 11.2 Å². The Morgan fingerprint density at radius 3 is 2.57 bits per heavy atom. The fourth-order valence-corrected chi connectivity index (χ4v) is 4.54. The summed E-state index contributed by atoms with van der Waals surface area (Å²) in [6.07, 6.45) is 4.42. The van der Waals surface area contributed by atoms with Crippen LogP contribution in [0.1, 0.15) is 69.3 Å². The van der Waals surface area contributed by atoms with Crippen molar-refractivity contribution in [2.24, 2.45) is 7.05 Å². The normalized spacial score (nSPS) is 15.2. The number of anilines is 3. The van der Waals surface area contributed by atoms with Gasteiger partial charge in [-0.2, -0.15) is 15.0 Å². The van der Waals surface area contributed by atoms with Crippen LogP contribution in [-0.2, 0) is 18.9 Å². The first-order chi connectivity index (χ1) is 16.7. The second-order valence-electron chi connectivity index (χ2n) is 10.5. The number of rotatable bonds is 5. The Hall–Kier alpha value is -3.49. The van der Waals surface area contributed by atoms with E-state index in [1.807, 2.05) is 18.5 Å². The predicted molar refractivity (Wildman–Crippen MR) is 137 cm³/mol. The largest absolute Gasteiger partial charge is 0.341 e. The van der Waals surface area contributed by atoms with Gasteiger partial charge in [-0.1, -0.05) is 45.0 Å². The quantitative estimate of drug-likeness (QED) is 0.429. The van der Waals surface area contributed by atoms with E-state index in [0.717, 1.165) is 55.2 Å². The van der Waals surface area contributed by atoms with E-state index < -0.39 is 0 Å². The maximum absolute atomic E-state index is 5.32. The first-order valence-electron chi connectivity index (χ1n) is 12.4.